The second-order valence-corrected chi connectivity index (χ2v) is 5.57. The fourth-order valence-corrected chi connectivity index (χ4v) is 2.01. The number of nitrogens with two attached hydrogens (primary N) is 1. The topological polar surface area (TPSA) is 46.3 Å². The van der Waals surface area contributed by atoms with E-state index < -0.39 is 0 Å². The number of rotatable bonds is 4. The fraction of sp³-hybridized carbons (Fsp3) is 0.938. The summed E-state index contributed by atoms with van der Waals surface area (Å²) in [6.45, 7) is 17.4. The number of hydrogen-bond donors (Lipinski definition) is 1. The van der Waals surface area contributed by atoms with E-state index in [0.717, 1.165) is 24.8 Å². The SMILES string of the molecule is CC.CC1CCN(C(C)C)C1.CCCC(C)C(N)=O. The summed E-state index contributed by atoms with van der Waals surface area (Å²) < 4.78 is 0. The van der Waals surface area contributed by atoms with Crippen molar-refractivity contribution >= 4 is 5.91 Å². The summed E-state index contributed by atoms with van der Waals surface area (Å²) in [6.07, 6.45) is 3.34. The smallest absolute Gasteiger partial charge is 0.220 e. The fourth-order valence-electron chi connectivity index (χ4n) is 2.01. The highest BCUT2D eigenvalue weighted by molar-refractivity contribution is 5.76. The third kappa shape index (κ3) is 11.0. The molecule has 1 saturated heterocycles. The minimum Gasteiger partial charge on any atom is -0.369 e. The van der Waals surface area contributed by atoms with Gasteiger partial charge in [-0.3, -0.25) is 4.79 Å². The second kappa shape index (κ2) is 12.5. The van der Waals surface area contributed by atoms with Crippen molar-refractivity contribution in [2.75, 3.05) is 13.1 Å². The highest BCUT2D eigenvalue weighted by atomic mass is 16.1. The van der Waals surface area contributed by atoms with Gasteiger partial charge in [-0.25, -0.2) is 0 Å². The summed E-state index contributed by atoms with van der Waals surface area (Å²) in [5.74, 6) is 0.805. The Hall–Kier alpha value is -0.570. The van der Waals surface area contributed by atoms with Crippen molar-refractivity contribution in [3.05, 3.63) is 0 Å². The number of amides is 1. The van der Waals surface area contributed by atoms with E-state index in [1.807, 2.05) is 27.7 Å². The maximum atomic E-state index is 10.3. The molecule has 0 saturated carbocycles. The molecule has 0 aliphatic carbocycles. The first-order valence-corrected chi connectivity index (χ1v) is 7.91. The van der Waals surface area contributed by atoms with E-state index in [4.69, 9.17) is 5.73 Å². The van der Waals surface area contributed by atoms with E-state index in [1.165, 1.54) is 19.5 Å². The van der Waals surface area contributed by atoms with Crippen molar-refractivity contribution in [3.63, 3.8) is 0 Å². The lowest BCUT2D eigenvalue weighted by Crippen LogP contribution is -2.27. The van der Waals surface area contributed by atoms with Gasteiger partial charge in [0, 0.05) is 18.5 Å². The molecule has 2 unspecified atom stereocenters. The average molecular weight is 272 g/mol. The molecule has 116 valence electrons. The predicted molar refractivity (Wildman–Crippen MR) is 85.1 cm³/mol. The molecule has 0 aromatic carbocycles. The first-order chi connectivity index (χ1) is 8.88. The van der Waals surface area contributed by atoms with Crippen LogP contribution in [0.3, 0.4) is 0 Å². The number of hydrogen-bond acceptors (Lipinski definition) is 2. The maximum absolute atomic E-state index is 10.3. The van der Waals surface area contributed by atoms with Gasteiger partial charge in [-0.05, 0) is 39.2 Å². The first-order valence-electron chi connectivity index (χ1n) is 7.91. The Morgan fingerprint density at radius 3 is 2.00 bits per heavy atom. The van der Waals surface area contributed by atoms with Gasteiger partial charge >= 0.3 is 0 Å². The van der Waals surface area contributed by atoms with E-state index in [2.05, 4.69) is 25.7 Å². The minimum atomic E-state index is -0.188. The molecule has 3 heteroatoms. The second-order valence-electron chi connectivity index (χ2n) is 5.57. The number of primary amides is 1. The average Bonchev–Trinajstić information content (AvgIpc) is 2.80. The molecule has 1 amide bonds. The lowest BCUT2D eigenvalue weighted by molar-refractivity contribution is -0.121. The minimum absolute atomic E-state index is 0.0556. The third-order valence-electron chi connectivity index (χ3n) is 3.39. The van der Waals surface area contributed by atoms with Crippen molar-refractivity contribution in [3.8, 4) is 0 Å². The molecule has 2 N–H and O–H groups in total. The normalized spacial score (nSPS) is 20.1. The number of carbonyl (C=O) groups excluding carboxylic acids is 1. The Morgan fingerprint density at radius 2 is 1.84 bits per heavy atom. The molecule has 0 spiro atoms. The van der Waals surface area contributed by atoms with Crippen LogP contribution in [0.15, 0.2) is 0 Å². The molecule has 19 heavy (non-hydrogen) atoms. The molecular formula is C16H36N2O. The quantitative estimate of drug-likeness (QED) is 0.848. The Balaban J connectivity index is 0. The largest absolute Gasteiger partial charge is 0.369 e. The maximum Gasteiger partial charge on any atom is 0.220 e. The van der Waals surface area contributed by atoms with Gasteiger partial charge in [0.2, 0.25) is 5.91 Å². The standard InChI is InChI=1S/C8H17N.C6H13NO.C2H6/c1-7(2)9-5-4-8(3)6-9;1-3-4-5(2)6(7)8;1-2/h7-8H,4-6H2,1-3H3;5H,3-4H2,1-2H3,(H2,7,8);1-2H3. The van der Waals surface area contributed by atoms with Gasteiger partial charge in [-0.1, -0.05) is 41.0 Å². The molecule has 0 radical (unpaired) electrons. The van der Waals surface area contributed by atoms with E-state index in [0.29, 0.717) is 0 Å². The van der Waals surface area contributed by atoms with Crippen LogP contribution in [0, 0.1) is 11.8 Å². The van der Waals surface area contributed by atoms with Crippen LogP contribution in [0.4, 0.5) is 0 Å². The van der Waals surface area contributed by atoms with Crippen molar-refractivity contribution < 1.29 is 4.79 Å². The van der Waals surface area contributed by atoms with Gasteiger partial charge in [-0.2, -0.15) is 0 Å². The van der Waals surface area contributed by atoms with Crippen LogP contribution in [0.1, 0.15) is 67.7 Å². The molecule has 2 atom stereocenters. The molecule has 1 aliphatic rings. The molecule has 1 rings (SSSR count). The molecule has 1 heterocycles. The highest BCUT2D eigenvalue weighted by Gasteiger charge is 2.19. The third-order valence-corrected chi connectivity index (χ3v) is 3.39. The van der Waals surface area contributed by atoms with Gasteiger partial charge in [0.25, 0.3) is 0 Å². The lowest BCUT2D eigenvalue weighted by atomic mass is 10.1. The summed E-state index contributed by atoms with van der Waals surface area (Å²) in [4.78, 5) is 12.9. The zero-order valence-corrected chi connectivity index (χ0v) is 14.2. The van der Waals surface area contributed by atoms with Crippen LogP contribution < -0.4 is 5.73 Å². The summed E-state index contributed by atoms with van der Waals surface area (Å²) >= 11 is 0. The number of nitrogens with zero attached hydrogens (tertiary/aromatic N) is 1. The highest BCUT2D eigenvalue weighted by Crippen LogP contribution is 2.16. The van der Waals surface area contributed by atoms with Crippen LogP contribution in [0.5, 0.6) is 0 Å². The van der Waals surface area contributed by atoms with E-state index in [-0.39, 0.29) is 11.8 Å². The summed E-state index contributed by atoms with van der Waals surface area (Å²) in [6, 6.07) is 0.759. The van der Waals surface area contributed by atoms with E-state index in [9.17, 15) is 4.79 Å². The van der Waals surface area contributed by atoms with Gasteiger partial charge in [0.05, 0.1) is 0 Å². The van der Waals surface area contributed by atoms with Gasteiger partial charge in [0.15, 0.2) is 0 Å². The molecule has 0 aromatic rings. The van der Waals surface area contributed by atoms with E-state index >= 15 is 0 Å². The van der Waals surface area contributed by atoms with Gasteiger partial charge in [-0.15, -0.1) is 0 Å². The zero-order chi connectivity index (χ0) is 15.4. The predicted octanol–water partition coefficient (Wildman–Crippen LogP) is 3.67. The van der Waals surface area contributed by atoms with Crippen molar-refractivity contribution in [1.82, 2.24) is 4.90 Å². The van der Waals surface area contributed by atoms with Crippen molar-refractivity contribution in [2.24, 2.45) is 17.6 Å². The van der Waals surface area contributed by atoms with E-state index in [1.54, 1.807) is 0 Å². The Morgan fingerprint density at radius 1 is 1.32 bits per heavy atom. The van der Waals surface area contributed by atoms with Crippen LogP contribution >= 0.6 is 0 Å². The zero-order valence-electron chi connectivity index (χ0n) is 14.2. The Kier molecular flexibility index (Phi) is 13.6. The first kappa shape index (κ1) is 20.7. The van der Waals surface area contributed by atoms with Crippen LogP contribution in [-0.2, 0) is 4.79 Å². The number of likely N-dealkylation sites (tertiary alicyclic amines) is 1. The van der Waals surface area contributed by atoms with Crippen LogP contribution in [0.2, 0.25) is 0 Å². The van der Waals surface area contributed by atoms with Crippen molar-refractivity contribution in [1.29, 1.82) is 0 Å². The molecule has 0 aromatic heterocycles. The summed E-state index contributed by atoms with van der Waals surface area (Å²) in [7, 11) is 0. The van der Waals surface area contributed by atoms with Gasteiger partial charge in [0.1, 0.15) is 0 Å². The summed E-state index contributed by atoms with van der Waals surface area (Å²) in [5.41, 5.74) is 4.98. The monoisotopic (exact) mass is 272 g/mol. The van der Waals surface area contributed by atoms with Gasteiger partial charge < -0.3 is 10.6 Å². The molecule has 3 nitrogen and oxygen atoms in total. The molecule has 1 fully saturated rings. The Labute approximate surface area is 120 Å². The molecular weight excluding hydrogens is 236 g/mol. The molecule has 1 aliphatic heterocycles. The Bertz CT molecular complexity index is 217. The van der Waals surface area contributed by atoms with Crippen LogP contribution in [-0.4, -0.2) is 29.9 Å². The van der Waals surface area contributed by atoms with Crippen LogP contribution in [0.25, 0.3) is 0 Å². The molecule has 0 bridgehead atoms. The number of carbonyl (C=O) groups is 1. The summed E-state index contributed by atoms with van der Waals surface area (Å²) in [5, 5.41) is 0. The van der Waals surface area contributed by atoms with Crippen molar-refractivity contribution in [2.45, 2.75) is 73.8 Å². The lowest BCUT2D eigenvalue weighted by Gasteiger charge is -2.19.